The summed E-state index contributed by atoms with van der Waals surface area (Å²) in [5.74, 6) is 0.104. The number of carbonyl (C=O) groups excluding carboxylic acids is 2. The van der Waals surface area contributed by atoms with Crippen LogP contribution in [0.2, 0.25) is 0 Å². The number of para-hydroxylation sites is 1. The van der Waals surface area contributed by atoms with Gasteiger partial charge in [-0.05, 0) is 30.0 Å². The molecule has 0 radical (unpaired) electrons. The van der Waals surface area contributed by atoms with Crippen LogP contribution >= 0.6 is 0 Å². The van der Waals surface area contributed by atoms with Crippen molar-refractivity contribution in [1.82, 2.24) is 5.32 Å². The number of hydrogen-bond acceptors (Lipinski definition) is 3. The molecule has 0 fully saturated rings. The van der Waals surface area contributed by atoms with Crippen molar-refractivity contribution in [2.24, 2.45) is 5.41 Å². The lowest BCUT2D eigenvalue weighted by atomic mass is 9.84. The molecular formula is C18H24N2O2. The Morgan fingerprint density at radius 1 is 1.23 bits per heavy atom. The number of anilines is 1. The van der Waals surface area contributed by atoms with E-state index < -0.39 is 6.04 Å². The van der Waals surface area contributed by atoms with Crippen LogP contribution in [-0.4, -0.2) is 30.3 Å². The van der Waals surface area contributed by atoms with Crippen molar-refractivity contribution < 1.29 is 9.59 Å². The van der Waals surface area contributed by atoms with Gasteiger partial charge in [-0.2, -0.15) is 0 Å². The van der Waals surface area contributed by atoms with Crippen LogP contribution in [0.4, 0.5) is 5.69 Å². The number of benzene rings is 1. The number of likely N-dealkylation sites (N-methyl/N-ethyl adjacent to an activating group) is 1. The van der Waals surface area contributed by atoms with Crippen molar-refractivity contribution in [3.63, 3.8) is 0 Å². The molecule has 2 unspecified atom stereocenters. The van der Waals surface area contributed by atoms with E-state index in [2.05, 4.69) is 26.1 Å². The summed E-state index contributed by atoms with van der Waals surface area (Å²) in [5.41, 5.74) is 2.66. The van der Waals surface area contributed by atoms with Gasteiger partial charge in [0.25, 0.3) is 0 Å². The minimum absolute atomic E-state index is 0.0316. The summed E-state index contributed by atoms with van der Waals surface area (Å²) in [6, 6.07) is 5.53. The largest absolute Gasteiger partial charge is 0.306 e. The van der Waals surface area contributed by atoms with Crippen molar-refractivity contribution in [3.8, 4) is 0 Å². The summed E-state index contributed by atoms with van der Waals surface area (Å²) in [6.07, 6.45) is 1.07. The molecule has 0 saturated carbocycles. The molecule has 3 rings (SSSR count). The first-order valence-corrected chi connectivity index (χ1v) is 8.06. The maximum absolute atomic E-state index is 13.1. The van der Waals surface area contributed by atoms with E-state index in [9.17, 15) is 9.59 Å². The Bertz CT molecular complexity index is 630. The molecule has 0 spiro atoms. The predicted octanol–water partition coefficient (Wildman–Crippen LogP) is 2.55. The molecule has 0 aliphatic carbocycles. The van der Waals surface area contributed by atoms with Crippen molar-refractivity contribution in [3.05, 3.63) is 29.3 Å². The van der Waals surface area contributed by atoms with Crippen LogP contribution < -0.4 is 10.2 Å². The fraction of sp³-hybridized carbons (Fsp3) is 0.556. The van der Waals surface area contributed by atoms with Gasteiger partial charge in [0.15, 0.2) is 5.78 Å². The number of nitrogens with one attached hydrogen (secondary N) is 1. The second-order valence-electron chi connectivity index (χ2n) is 7.35. The maximum Gasteiger partial charge on any atom is 0.244 e. The Kier molecular flexibility index (Phi) is 3.60. The highest BCUT2D eigenvalue weighted by atomic mass is 16.2. The fourth-order valence-electron chi connectivity index (χ4n) is 3.63. The van der Waals surface area contributed by atoms with E-state index in [0.29, 0.717) is 12.1 Å². The molecule has 2 aliphatic heterocycles. The molecule has 4 heteroatoms. The van der Waals surface area contributed by atoms with Gasteiger partial charge in [0.05, 0.1) is 11.7 Å². The summed E-state index contributed by atoms with van der Waals surface area (Å²) >= 11 is 0. The van der Waals surface area contributed by atoms with E-state index in [-0.39, 0.29) is 29.6 Å². The Morgan fingerprint density at radius 3 is 2.59 bits per heavy atom. The highest BCUT2D eigenvalue weighted by Gasteiger charge is 2.46. The smallest absolute Gasteiger partial charge is 0.244 e. The Balaban J connectivity index is 2.15. The van der Waals surface area contributed by atoms with Crippen molar-refractivity contribution >= 4 is 17.4 Å². The summed E-state index contributed by atoms with van der Waals surface area (Å²) in [4.78, 5) is 27.6. The van der Waals surface area contributed by atoms with Crippen LogP contribution in [0.1, 0.15) is 50.0 Å². The van der Waals surface area contributed by atoms with E-state index in [1.807, 2.05) is 30.0 Å². The molecule has 2 atom stereocenters. The average Bonchev–Trinajstić information content (AvgIpc) is 2.80. The second kappa shape index (κ2) is 5.20. The lowest BCUT2D eigenvalue weighted by Gasteiger charge is -2.36. The highest BCUT2D eigenvalue weighted by Crippen LogP contribution is 2.43. The summed E-state index contributed by atoms with van der Waals surface area (Å²) in [7, 11) is 0. The molecule has 1 aromatic rings. The van der Waals surface area contributed by atoms with Gasteiger partial charge in [-0.1, -0.05) is 39.8 Å². The van der Waals surface area contributed by atoms with Gasteiger partial charge in [0, 0.05) is 18.0 Å². The Hall–Kier alpha value is -1.68. The molecule has 0 bridgehead atoms. The van der Waals surface area contributed by atoms with Gasteiger partial charge < -0.3 is 10.2 Å². The van der Waals surface area contributed by atoms with E-state index in [1.165, 1.54) is 0 Å². The van der Waals surface area contributed by atoms with Crippen molar-refractivity contribution in [2.45, 2.75) is 52.6 Å². The van der Waals surface area contributed by atoms with Crippen LogP contribution in [-0.2, 0) is 11.2 Å². The Morgan fingerprint density at radius 2 is 1.95 bits per heavy atom. The molecule has 1 aromatic carbocycles. The van der Waals surface area contributed by atoms with E-state index in [0.717, 1.165) is 17.7 Å². The minimum atomic E-state index is -0.416. The zero-order valence-electron chi connectivity index (χ0n) is 13.8. The van der Waals surface area contributed by atoms with E-state index in [1.54, 1.807) is 0 Å². The third kappa shape index (κ3) is 2.26. The zero-order valence-corrected chi connectivity index (χ0v) is 13.8. The first kappa shape index (κ1) is 15.2. The van der Waals surface area contributed by atoms with Crippen LogP contribution in [0, 0.1) is 5.41 Å². The van der Waals surface area contributed by atoms with Crippen LogP contribution in [0.5, 0.6) is 0 Å². The molecule has 22 heavy (non-hydrogen) atoms. The summed E-state index contributed by atoms with van der Waals surface area (Å²) in [5, 5.41) is 3.19. The molecule has 2 heterocycles. The molecule has 4 nitrogen and oxygen atoms in total. The number of amides is 1. The number of rotatable bonds is 2. The number of carbonyl (C=O) groups is 2. The maximum atomic E-state index is 13.1. The number of Topliss-reactive ketones (excluding diaryl/α,β-unsaturated/α-hetero) is 1. The molecule has 1 N–H and O–H groups in total. The summed E-state index contributed by atoms with van der Waals surface area (Å²) in [6.45, 7) is 9.12. The van der Waals surface area contributed by atoms with Crippen LogP contribution in [0.15, 0.2) is 18.2 Å². The van der Waals surface area contributed by atoms with Crippen molar-refractivity contribution in [1.29, 1.82) is 0 Å². The average molecular weight is 300 g/mol. The summed E-state index contributed by atoms with van der Waals surface area (Å²) < 4.78 is 0. The lowest BCUT2D eigenvalue weighted by Crippen LogP contribution is -2.52. The molecule has 118 valence electrons. The van der Waals surface area contributed by atoms with Gasteiger partial charge in [-0.3, -0.25) is 9.59 Å². The van der Waals surface area contributed by atoms with Crippen LogP contribution in [0.3, 0.4) is 0 Å². The second-order valence-corrected chi connectivity index (χ2v) is 7.35. The lowest BCUT2D eigenvalue weighted by molar-refractivity contribution is -0.121. The first-order valence-electron chi connectivity index (χ1n) is 8.06. The fourth-order valence-corrected chi connectivity index (χ4v) is 3.63. The normalized spacial score (nSPS) is 24.5. The third-order valence-corrected chi connectivity index (χ3v) is 4.76. The van der Waals surface area contributed by atoms with Gasteiger partial charge in [0.2, 0.25) is 5.91 Å². The van der Waals surface area contributed by atoms with Crippen LogP contribution in [0.25, 0.3) is 0 Å². The number of hydrogen-bond donors (Lipinski definition) is 1. The number of ketones is 1. The Labute approximate surface area is 131 Å². The monoisotopic (exact) mass is 300 g/mol. The molecular weight excluding hydrogens is 276 g/mol. The van der Waals surface area contributed by atoms with Gasteiger partial charge in [-0.15, -0.1) is 0 Å². The standard InChI is InChI=1S/C18H24N2O2/c1-5-19-13-10-14(21)12-8-6-7-11-9-15(18(2,3)4)20(16(11)12)17(13)22/h6-8,13,15,19H,5,9-10H2,1-4H3. The first-order chi connectivity index (χ1) is 10.3. The quantitative estimate of drug-likeness (QED) is 0.913. The molecule has 2 aliphatic rings. The third-order valence-electron chi connectivity index (χ3n) is 4.76. The van der Waals surface area contributed by atoms with E-state index >= 15 is 0 Å². The minimum Gasteiger partial charge on any atom is -0.306 e. The van der Waals surface area contributed by atoms with Gasteiger partial charge in [-0.25, -0.2) is 0 Å². The van der Waals surface area contributed by atoms with Crippen molar-refractivity contribution in [2.75, 3.05) is 11.4 Å². The zero-order chi connectivity index (χ0) is 16.1. The molecule has 1 amide bonds. The molecule has 0 aromatic heterocycles. The number of nitrogens with zero attached hydrogens (tertiary/aromatic N) is 1. The predicted molar refractivity (Wildman–Crippen MR) is 87.3 cm³/mol. The molecule has 0 saturated heterocycles. The topological polar surface area (TPSA) is 49.4 Å². The van der Waals surface area contributed by atoms with Gasteiger partial charge >= 0.3 is 0 Å². The SMILES string of the molecule is CCNC1CC(=O)c2cccc3c2N(C1=O)C(C(C)(C)C)C3. The highest BCUT2D eigenvalue weighted by molar-refractivity contribution is 6.14. The van der Waals surface area contributed by atoms with Gasteiger partial charge in [0.1, 0.15) is 0 Å². The van der Waals surface area contributed by atoms with E-state index in [4.69, 9.17) is 0 Å².